The van der Waals surface area contributed by atoms with E-state index in [0.717, 1.165) is 17.4 Å². The quantitative estimate of drug-likeness (QED) is 0.501. The van der Waals surface area contributed by atoms with Crippen molar-refractivity contribution in [3.63, 3.8) is 0 Å². The van der Waals surface area contributed by atoms with Crippen LogP contribution in [0.5, 0.6) is 0 Å². The second kappa shape index (κ2) is 9.53. The van der Waals surface area contributed by atoms with Gasteiger partial charge in [-0.3, -0.25) is 0 Å². The number of rotatable bonds is 5. The van der Waals surface area contributed by atoms with Gasteiger partial charge in [0.2, 0.25) is 0 Å². The van der Waals surface area contributed by atoms with Crippen LogP contribution in [0.1, 0.15) is 39.0 Å². The molecule has 0 saturated carbocycles. The molecule has 2 aliphatic rings. The van der Waals surface area contributed by atoms with Crippen molar-refractivity contribution in [2.24, 2.45) is 11.8 Å². The molecular formula is C25H35FSi2. The highest BCUT2D eigenvalue weighted by molar-refractivity contribution is 6.73. The molecule has 2 aromatic rings. The Morgan fingerprint density at radius 1 is 0.750 bits per heavy atom. The van der Waals surface area contributed by atoms with Crippen molar-refractivity contribution in [2.45, 2.75) is 69.2 Å². The first-order valence-electron chi connectivity index (χ1n) is 11.6. The van der Waals surface area contributed by atoms with E-state index < -0.39 is 8.80 Å². The van der Waals surface area contributed by atoms with E-state index in [1.807, 2.05) is 12.1 Å². The zero-order valence-electron chi connectivity index (χ0n) is 17.4. The van der Waals surface area contributed by atoms with Gasteiger partial charge in [0.15, 0.2) is 0 Å². The van der Waals surface area contributed by atoms with Crippen LogP contribution >= 0.6 is 0 Å². The van der Waals surface area contributed by atoms with Gasteiger partial charge in [-0.1, -0.05) is 111 Å². The topological polar surface area (TPSA) is 0 Å². The Labute approximate surface area is 173 Å². The first-order valence-corrected chi connectivity index (χ1v) is 16.2. The lowest BCUT2D eigenvalue weighted by atomic mass is 9.83. The third-order valence-electron chi connectivity index (χ3n) is 7.59. The summed E-state index contributed by atoms with van der Waals surface area (Å²) in [5.41, 5.74) is 2.32. The van der Waals surface area contributed by atoms with Gasteiger partial charge in [-0.05, 0) is 35.1 Å². The molecule has 0 unspecified atom stereocenters. The molecule has 2 aromatic carbocycles. The summed E-state index contributed by atoms with van der Waals surface area (Å²) >= 11 is 0. The fourth-order valence-electron chi connectivity index (χ4n) is 5.87. The Morgan fingerprint density at radius 3 is 1.79 bits per heavy atom. The van der Waals surface area contributed by atoms with Crippen LogP contribution in [-0.2, 0) is 0 Å². The van der Waals surface area contributed by atoms with Crippen molar-refractivity contribution in [2.75, 3.05) is 0 Å². The van der Waals surface area contributed by atoms with Gasteiger partial charge < -0.3 is 0 Å². The second-order valence-corrected chi connectivity index (χ2v) is 16.0. The number of halogens is 1. The van der Waals surface area contributed by atoms with Gasteiger partial charge in [-0.2, -0.15) is 0 Å². The molecule has 2 aliphatic heterocycles. The van der Waals surface area contributed by atoms with Crippen LogP contribution in [0, 0.1) is 17.7 Å². The molecule has 2 fully saturated rings. The minimum atomic E-state index is -0.775. The minimum absolute atomic E-state index is 0.161. The summed E-state index contributed by atoms with van der Waals surface area (Å²) in [5.74, 6) is 1.95. The van der Waals surface area contributed by atoms with Gasteiger partial charge in [-0.25, -0.2) is 4.39 Å². The van der Waals surface area contributed by atoms with Gasteiger partial charge in [-0.15, -0.1) is 0 Å². The molecule has 0 aliphatic carbocycles. The molecule has 2 saturated heterocycles. The van der Waals surface area contributed by atoms with E-state index in [1.165, 1.54) is 36.9 Å². The third kappa shape index (κ3) is 4.85. The maximum atomic E-state index is 13.1. The zero-order valence-corrected chi connectivity index (χ0v) is 19.7. The van der Waals surface area contributed by atoms with Crippen LogP contribution in [0.15, 0.2) is 48.5 Å². The SMILES string of the molecule is CCC[SiH]1CCC(C2CC[SiH](c3ccc(-c4ccc(F)cc4)cc3)CC2)CC1. The largest absolute Gasteiger partial charge is 0.207 e. The van der Waals surface area contributed by atoms with Gasteiger partial charge in [0.05, 0.1) is 8.80 Å². The molecule has 0 amide bonds. The summed E-state index contributed by atoms with van der Waals surface area (Å²) in [7, 11) is -1.10. The van der Waals surface area contributed by atoms with Crippen molar-refractivity contribution in [3.8, 4) is 11.1 Å². The third-order valence-corrected chi connectivity index (χ3v) is 14.7. The predicted molar refractivity (Wildman–Crippen MR) is 126 cm³/mol. The lowest BCUT2D eigenvalue weighted by molar-refractivity contribution is 0.279. The first-order chi connectivity index (χ1) is 13.7. The van der Waals surface area contributed by atoms with Crippen molar-refractivity contribution in [1.82, 2.24) is 0 Å². The zero-order chi connectivity index (χ0) is 19.3. The Morgan fingerprint density at radius 2 is 1.25 bits per heavy atom. The molecule has 0 bridgehead atoms. The van der Waals surface area contributed by atoms with Crippen LogP contribution in [0.2, 0.25) is 30.2 Å². The van der Waals surface area contributed by atoms with E-state index >= 15 is 0 Å². The molecular weight excluding hydrogens is 375 g/mol. The Kier molecular flexibility index (Phi) is 6.84. The molecule has 28 heavy (non-hydrogen) atoms. The average molecular weight is 411 g/mol. The summed E-state index contributed by atoms with van der Waals surface area (Å²) in [4.78, 5) is 0. The molecule has 0 nitrogen and oxygen atoms in total. The monoisotopic (exact) mass is 410 g/mol. The summed E-state index contributed by atoms with van der Waals surface area (Å²) < 4.78 is 13.1. The first kappa shape index (κ1) is 20.1. The highest BCUT2D eigenvalue weighted by Crippen LogP contribution is 2.39. The van der Waals surface area contributed by atoms with Gasteiger partial charge in [0, 0.05) is 8.80 Å². The smallest absolute Gasteiger partial charge is 0.123 e. The van der Waals surface area contributed by atoms with Crippen molar-refractivity contribution >= 4 is 22.8 Å². The Bertz CT molecular complexity index is 724. The molecule has 0 radical (unpaired) electrons. The van der Waals surface area contributed by atoms with E-state index in [1.54, 1.807) is 48.3 Å². The summed E-state index contributed by atoms with van der Waals surface area (Å²) in [6, 6.07) is 24.0. The number of hydrogen-bond donors (Lipinski definition) is 0. The van der Waals surface area contributed by atoms with Crippen molar-refractivity contribution < 1.29 is 4.39 Å². The summed E-state index contributed by atoms with van der Waals surface area (Å²) in [6.07, 6.45) is 7.57. The van der Waals surface area contributed by atoms with Crippen molar-refractivity contribution in [1.29, 1.82) is 0 Å². The average Bonchev–Trinajstić information content (AvgIpc) is 2.75. The van der Waals surface area contributed by atoms with Gasteiger partial charge in [0.25, 0.3) is 0 Å². The molecule has 3 heteroatoms. The molecule has 0 N–H and O–H groups in total. The second-order valence-electron chi connectivity index (χ2n) is 9.31. The normalized spacial score (nSPS) is 28.2. The summed E-state index contributed by atoms with van der Waals surface area (Å²) in [5, 5.41) is 1.64. The van der Waals surface area contributed by atoms with E-state index in [0.29, 0.717) is 0 Å². The highest BCUT2D eigenvalue weighted by atomic mass is 28.3. The maximum absolute atomic E-state index is 13.1. The molecule has 150 valence electrons. The lowest BCUT2D eigenvalue weighted by Crippen LogP contribution is -2.36. The fourth-order valence-corrected chi connectivity index (χ4v) is 12.7. The number of hydrogen-bond acceptors (Lipinski definition) is 0. The van der Waals surface area contributed by atoms with Gasteiger partial charge >= 0.3 is 0 Å². The van der Waals surface area contributed by atoms with Gasteiger partial charge in [0.1, 0.15) is 5.82 Å². The Balaban J connectivity index is 1.30. The molecule has 0 aromatic heterocycles. The fraction of sp³-hybridized carbons (Fsp3) is 0.520. The minimum Gasteiger partial charge on any atom is -0.207 e. The van der Waals surface area contributed by atoms with E-state index in [2.05, 4.69) is 31.2 Å². The molecule has 0 atom stereocenters. The molecule has 4 rings (SSSR count). The lowest BCUT2D eigenvalue weighted by Gasteiger charge is -2.37. The summed E-state index contributed by atoms with van der Waals surface area (Å²) in [6.45, 7) is 2.37. The Hall–Kier alpha value is -1.20. The van der Waals surface area contributed by atoms with Crippen LogP contribution in [-0.4, -0.2) is 17.6 Å². The van der Waals surface area contributed by atoms with Crippen LogP contribution in [0.4, 0.5) is 4.39 Å². The standard InChI is InChI=1S/C25H35FSi2/c1-2-15-27-16-11-22(12-17-27)23-13-18-28(19-14-23)25-9-5-21(6-10-25)20-3-7-24(26)8-4-20/h3-10,22-23,27-28H,2,11-19H2,1H3. The van der Waals surface area contributed by atoms with Crippen molar-refractivity contribution in [3.05, 3.63) is 54.3 Å². The molecule has 2 heterocycles. The van der Waals surface area contributed by atoms with Crippen LogP contribution in [0.25, 0.3) is 11.1 Å². The predicted octanol–water partition coefficient (Wildman–Crippen LogP) is 6.38. The van der Waals surface area contributed by atoms with Crippen LogP contribution < -0.4 is 5.19 Å². The maximum Gasteiger partial charge on any atom is 0.123 e. The molecule has 0 spiro atoms. The highest BCUT2D eigenvalue weighted by Gasteiger charge is 2.31. The van der Waals surface area contributed by atoms with E-state index in [4.69, 9.17) is 0 Å². The number of benzene rings is 2. The van der Waals surface area contributed by atoms with E-state index in [9.17, 15) is 4.39 Å². The van der Waals surface area contributed by atoms with E-state index in [-0.39, 0.29) is 14.6 Å². The van der Waals surface area contributed by atoms with Crippen LogP contribution in [0.3, 0.4) is 0 Å².